The van der Waals surface area contributed by atoms with E-state index in [0.29, 0.717) is 28.2 Å². The van der Waals surface area contributed by atoms with Crippen molar-refractivity contribution in [2.24, 2.45) is 0 Å². The summed E-state index contributed by atoms with van der Waals surface area (Å²) in [5.41, 5.74) is 8.93. The summed E-state index contributed by atoms with van der Waals surface area (Å²) >= 11 is 17.3. The summed E-state index contributed by atoms with van der Waals surface area (Å²) in [6.45, 7) is 1.40. The molecular weight excluding hydrogens is 429 g/mol. The zero-order valence-corrected chi connectivity index (χ0v) is 17.5. The van der Waals surface area contributed by atoms with Crippen LogP contribution in [0.25, 0.3) is 0 Å². The van der Waals surface area contributed by atoms with Crippen molar-refractivity contribution in [2.75, 3.05) is 22.5 Å². The Labute approximate surface area is 182 Å². The number of hydrogen-bond donors (Lipinski definition) is 3. The molecule has 0 bridgehead atoms. The molecule has 0 unspecified atom stereocenters. The van der Waals surface area contributed by atoms with Gasteiger partial charge in [-0.05, 0) is 35.7 Å². The number of nitrogens with zero attached hydrogens (tertiary/aromatic N) is 2. The van der Waals surface area contributed by atoms with Crippen molar-refractivity contribution in [3.63, 3.8) is 0 Å². The predicted octanol–water partition coefficient (Wildman–Crippen LogP) is 4.01. The van der Waals surface area contributed by atoms with Crippen LogP contribution < -0.4 is 21.5 Å². The molecule has 0 aliphatic carbocycles. The molecule has 148 valence electrons. The molecule has 4 rings (SSSR count). The van der Waals surface area contributed by atoms with Crippen molar-refractivity contribution in [1.29, 1.82) is 0 Å². The second-order valence-corrected chi connectivity index (χ2v) is 7.90. The average molecular weight is 446 g/mol. The van der Waals surface area contributed by atoms with Crippen molar-refractivity contribution in [3.05, 3.63) is 79.6 Å². The first-order valence-corrected chi connectivity index (χ1v) is 10.1. The van der Waals surface area contributed by atoms with Crippen molar-refractivity contribution >= 4 is 57.9 Å². The topological polar surface area (TPSA) is 87.0 Å². The fourth-order valence-electron chi connectivity index (χ4n) is 3.29. The molecular formula is C20H17Cl2N5OS. The van der Waals surface area contributed by atoms with Crippen LogP contribution >= 0.6 is 35.4 Å². The molecule has 0 fully saturated rings. The lowest BCUT2D eigenvalue weighted by molar-refractivity contribution is 0.706. The number of nitrogens with two attached hydrogens (primary N) is 1. The maximum Gasteiger partial charge on any atom is 0.264 e. The number of nitrogen functional groups attached to an aromatic ring is 1. The van der Waals surface area contributed by atoms with Crippen LogP contribution in [0.15, 0.2) is 47.3 Å². The number of anilines is 3. The third kappa shape index (κ3) is 4.07. The number of thiocarbonyl (C=S) groups is 1. The molecule has 3 aromatic rings. The molecule has 0 amide bonds. The fourth-order valence-corrected chi connectivity index (χ4v) is 3.90. The molecule has 29 heavy (non-hydrogen) atoms. The number of aromatic amines is 1. The highest BCUT2D eigenvalue weighted by atomic mass is 35.5. The Morgan fingerprint density at radius 1 is 1.17 bits per heavy atom. The molecule has 1 aromatic heterocycles. The number of halogens is 2. The first kappa shape index (κ1) is 19.7. The summed E-state index contributed by atoms with van der Waals surface area (Å²) in [5.74, 6) is 0.503. The molecule has 0 atom stereocenters. The van der Waals surface area contributed by atoms with Gasteiger partial charge in [0.05, 0.1) is 10.0 Å². The summed E-state index contributed by atoms with van der Waals surface area (Å²) in [7, 11) is 0. The second-order valence-electron chi connectivity index (χ2n) is 6.67. The Kier molecular flexibility index (Phi) is 5.45. The Morgan fingerprint density at radius 3 is 2.66 bits per heavy atom. The average Bonchev–Trinajstić information content (AvgIpc) is 2.70. The third-order valence-corrected chi connectivity index (χ3v) is 5.81. The van der Waals surface area contributed by atoms with E-state index in [4.69, 9.17) is 41.2 Å². The first-order chi connectivity index (χ1) is 13.9. The first-order valence-electron chi connectivity index (χ1n) is 8.90. The van der Waals surface area contributed by atoms with Gasteiger partial charge in [0.1, 0.15) is 16.4 Å². The smallest absolute Gasteiger partial charge is 0.264 e. The van der Waals surface area contributed by atoms with E-state index in [-0.39, 0.29) is 16.4 Å². The molecule has 4 N–H and O–H groups in total. The molecule has 0 saturated carbocycles. The van der Waals surface area contributed by atoms with Crippen LogP contribution in [-0.2, 0) is 13.0 Å². The number of H-pyrrole nitrogens is 1. The van der Waals surface area contributed by atoms with Gasteiger partial charge in [0.15, 0.2) is 0 Å². The van der Waals surface area contributed by atoms with Gasteiger partial charge < -0.3 is 16.0 Å². The quantitative estimate of drug-likeness (QED) is 0.527. The van der Waals surface area contributed by atoms with Crippen molar-refractivity contribution in [3.8, 4) is 0 Å². The lowest BCUT2D eigenvalue weighted by Gasteiger charge is -2.29. The monoisotopic (exact) mass is 445 g/mol. The molecule has 6 nitrogen and oxygen atoms in total. The highest BCUT2D eigenvalue weighted by Crippen LogP contribution is 2.26. The molecule has 1 aliphatic rings. The molecule has 0 saturated heterocycles. The van der Waals surface area contributed by atoms with E-state index in [0.717, 1.165) is 13.0 Å². The van der Waals surface area contributed by atoms with Gasteiger partial charge in [-0.2, -0.15) is 4.98 Å². The van der Waals surface area contributed by atoms with Crippen LogP contribution in [0, 0.1) is 0 Å². The molecule has 2 aromatic carbocycles. The summed E-state index contributed by atoms with van der Waals surface area (Å²) in [4.78, 5) is 22.1. The lowest BCUT2D eigenvalue weighted by atomic mass is 10.0. The van der Waals surface area contributed by atoms with E-state index < -0.39 is 5.56 Å². The highest BCUT2D eigenvalue weighted by molar-refractivity contribution is 7.81. The van der Waals surface area contributed by atoms with E-state index >= 15 is 0 Å². The fraction of sp³-hybridized carbons (Fsp3) is 0.150. The Balaban J connectivity index is 1.58. The minimum atomic E-state index is -0.399. The van der Waals surface area contributed by atoms with Gasteiger partial charge in [0, 0.05) is 18.8 Å². The van der Waals surface area contributed by atoms with Crippen LogP contribution in [0.3, 0.4) is 0 Å². The maximum absolute atomic E-state index is 12.7. The molecule has 0 spiro atoms. The van der Waals surface area contributed by atoms with Gasteiger partial charge in [-0.1, -0.05) is 59.7 Å². The zero-order chi connectivity index (χ0) is 20.5. The van der Waals surface area contributed by atoms with Gasteiger partial charge in [-0.25, -0.2) is 0 Å². The summed E-state index contributed by atoms with van der Waals surface area (Å²) in [6, 6.07) is 13.2. The number of benzene rings is 2. The summed E-state index contributed by atoms with van der Waals surface area (Å²) in [6.07, 6.45) is 0.874. The Hall–Kier alpha value is -2.61. The highest BCUT2D eigenvalue weighted by Gasteiger charge is 2.21. The number of rotatable bonds is 3. The SMILES string of the molecule is Nc1nc(N2CCc3ccccc3C2)[nH]c(=O)c1C(=S)Nc1ccc(Cl)c(Cl)c1. The van der Waals surface area contributed by atoms with Gasteiger partial charge in [-0.3, -0.25) is 9.78 Å². The van der Waals surface area contributed by atoms with Crippen molar-refractivity contribution in [2.45, 2.75) is 13.0 Å². The number of aromatic nitrogens is 2. The summed E-state index contributed by atoms with van der Waals surface area (Å²) in [5, 5.41) is 3.76. The van der Waals surface area contributed by atoms with Gasteiger partial charge in [0.25, 0.3) is 5.56 Å². The standard InChI is InChI=1S/C20H17Cl2N5OS/c21-14-6-5-13(9-15(14)22)24-19(29)16-17(23)25-20(26-18(16)28)27-8-7-11-3-1-2-4-12(11)10-27/h1-6,9H,7-8,10H2,(H,24,29)(H3,23,25,26,28). The molecule has 1 aliphatic heterocycles. The van der Waals surface area contributed by atoms with E-state index in [9.17, 15) is 4.79 Å². The van der Waals surface area contributed by atoms with Gasteiger partial charge >= 0.3 is 0 Å². The number of nitrogens with one attached hydrogen (secondary N) is 2. The molecule has 9 heteroatoms. The largest absolute Gasteiger partial charge is 0.383 e. The predicted molar refractivity (Wildman–Crippen MR) is 122 cm³/mol. The number of hydrogen-bond acceptors (Lipinski definition) is 5. The minimum absolute atomic E-state index is 0.0696. The van der Waals surface area contributed by atoms with Crippen LogP contribution in [-0.4, -0.2) is 21.5 Å². The zero-order valence-electron chi connectivity index (χ0n) is 15.2. The van der Waals surface area contributed by atoms with Crippen LogP contribution in [0.4, 0.5) is 17.5 Å². The van der Waals surface area contributed by atoms with E-state index in [1.807, 2.05) is 17.0 Å². The van der Waals surface area contributed by atoms with E-state index in [1.54, 1.807) is 18.2 Å². The molecule has 0 radical (unpaired) electrons. The third-order valence-electron chi connectivity index (χ3n) is 4.77. The Morgan fingerprint density at radius 2 is 1.93 bits per heavy atom. The van der Waals surface area contributed by atoms with Gasteiger partial charge in [0.2, 0.25) is 5.95 Å². The number of fused-ring (bicyclic) bond motifs is 1. The van der Waals surface area contributed by atoms with Crippen molar-refractivity contribution in [1.82, 2.24) is 9.97 Å². The van der Waals surface area contributed by atoms with Crippen LogP contribution in [0.2, 0.25) is 10.0 Å². The van der Waals surface area contributed by atoms with Gasteiger partial charge in [-0.15, -0.1) is 0 Å². The maximum atomic E-state index is 12.7. The van der Waals surface area contributed by atoms with E-state index in [1.165, 1.54) is 11.1 Å². The second kappa shape index (κ2) is 8.02. The Bertz CT molecular complexity index is 1160. The van der Waals surface area contributed by atoms with Crippen molar-refractivity contribution < 1.29 is 0 Å². The van der Waals surface area contributed by atoms with Crippen LogP contribution in [0.1, 0.15) is 16.7 Å². The normalized spacial score (nSPS) is 13.1. The minimum Gasteiger partial charge on any atom is -0.383 e. The lowest BCUT2D eigenvalue weighted by Crippen LogP contribution is -2.35. The summed E-state index contributed by atoms with van der Waals surface area (Å²) < 4.78 is 0. The van der Waals surface area contributed by atoms with Crippen LogP contribution in [0.5, 0.6) is 0 Å². The molecule has 2 heterocycles. The van der Waals surface area contributed by atoms with E-state index in [2.05, 4.69) is 27.4 Å².